The van der Waals surface area contributed by atoms with E-state index in [4.69, 9.17) is 0 Å². The predicted octanol–water partition coefficient (Wildman–Crippen LogP) is 7.89. The number of benzene rings is 2. The van der Waals surface area contributed by atoms with Crippen LogP contribution in [0, 0.1) is 0 Å². The Morgan fingerprint density at radius 1 is 0.696 bits per heavy atom. The van der Waals surface area contributed by atoms with Gasteiger partial charge < -0.3 is 0 Å². The third kappa shape index (κ3) is 4.47. The Bertz CT molecular complexity index is 573. The molecule has 0 saturated heterocycles. The summed E-state index contributed by atoms with van der Waals surface area (Å²) in [5.74, 6) is 0. The van der Waals surface area contributed by atoms with Crippen LogP contribution in [0.4, 0.5) is 0 Å². The van der Waals surface area contributed by atoms with Crippen molar-refractivity contribution in [1.29, 1.82) is 0 Å². The molecule has 124 valence electrons. The molecule has 0 radical (unpaired) electrons. The first kappa shape index (κ1) is 17.6. The molecule has 1 aliphatic rings. The van der Waals surface area contributed by atoms with Gasteiger partial charge in [0, 0.05) is 0 Å². The first-order chi connectivity index (χ1) is 11.1. The van der Waals surface area contributed by atoms with E-state index < -0.39 is 4.01 Å². The normalized spacial score (nSPS) is 18.3. The van der Waals surface area contributed by atoms with Gasteiger partial charge in [0.05, 0.1) is 0 Å². The summed E-state index contributed by atoms with van der Waals surface area (Å²) >= 11 is 8.74. The fourth-order valence-electron chi connectivity index (χ4n) is 3.87. The van der Waals surface area contributed by atoms with Gasteiger partial charge in [-0.15, -0.1) is 0 Å². The molecular formula is C20H25Br2P. The molecule has 3 rings (SSSR count). The van der Waals surface area contributed by atoms with Crippen LogP contribution in [-0.4, -0.2) is 5.66 Å². The molecule has 0 bridgehead atoms. The summed E-state index contributed by atoms with van der Waals surface area (Å²) in [5.41, 5.74) is 3.66. The van der Waals surface area contributed by atoms with Gasteiger partial charge in [-0.2, -0.15) is 0 Å². The van der Waals surface area contributed by atoms with Crippen molar-refractivity contribution in [3.05, 3.63) is 71.8 Å². The first-order valence-electron chi connectivity index (χ1n) is 8.57. The number of halogens is 2. The molecule has 0 atom stereocenters. The molecule has 0 unspecified atom stereocenters. The van der Waals surface area contributed by atoms with E-state index in [-0.39, 0.29) is 0 Å². The minimum absolute atomic E-state index is 0.773. The number of rotatable bonds is 5. The van der Waals surface area contributed by atoms with Gasteiger partial charge in [-0.1, -0.05) is 0 Å². The van der Waals surface area contributed by atoms with Gasteiger partial charge in [0.1, 0.15) is 0 Å². The van der Waals surface area contributed by atoms with Crippen LogP contribution in [0.25, 0.3) is 0 Å². The molecule has 0 aromatic heterocycles. The number of hydrogen-bond acceptors (Lipinski definition) is 0. The van der Waals surface area contributed by atoms with Crippen molar-refractivity contribution >= 4 is 35.0 Å². The summed E-state index contributed by atoms with van der Waals surface area (Å²) in [6.07, 6.45) is 9.13. The van der Waals surface area contributed by atoms with Crippen LogP contribution in [0.2, 0.25) is 0 Å². The SMILES string of the molecule is BrP(Br)(Cc1ccccc1)(Cc1ccccc1)C1CCCCC1. The van der Waals surface area contributed by atoms with Gasteiger partial charge in [-0.25, -0.2) is 0 Å². The average molecular weight is 456 g/mol. The van der Waals surface area contributed by atoms with Gasteiger partial charge in [-0.05, 0) is 0 Å². The Kier molecular flexibility index (Phi) is 5.66. The molecule has 2 aromatic carbocycles. The molecule has 2 aromatic rings. The molecule has 0 spiro atoms. The summed E-state index contributed by atoms with van der Waals surface area (Å²) in [6, 6.07) is 22.0. The fraction of sp³-hybridized carbons (Fsp3) is 0.400. The third-order valence-electron chi connectivity index (χ3n) is 5.06. The zero-order valence-corrected chi connectivity index (χ0v) is 17.6. The molecular weight excluding hydrogens is 431 g/mol. The van der Waals surface area contributed by atoms with Crippen LogP contribution in [0.1, 0.15) is 43.2 Å². The summed E-state index contributed by atoms with van der Waals surface area (Å²) in [5, 5.41) is 0. The summed E-state index contributed by atoms with van der Waals surface area (Å²) < 4.78 is -2.20. The third-order valence-corrected chi connectivity index (χ3v) is 15.7. The second kappa shape index (κ2) is 7.38. The van der Waals surface area contributed by atoms with Crippen LogP contribution in [0.15, 0.2) is 60.7 Å². The molecule has 0 heterocycles. The van der Waals surface area contributed by atoms with Gasteiger partial charge in [0.15, 0.2) is 0 Å². The van der Waals surface area contributed by atoms with E-state index in [1.807, 2.05) is 0 Å². The van der Waals surface area contributed by atoms with Gasteiger partial charge in [0.2, 0.25) is 0 Å². The van der Waals surface area contributed by atoms with E-state index in [1.54, 1.807) is 0 Å². The molecule has 0 nitrogen and oxygen atoms in total. The van der Waals surface area contributed by atoms with Crippen LogP contribution in [0.3, 0.4) is 0 Å². The first-order valence-corrected chi connectivity index (χ1v) is 15.3. The second-order valence-electron chi connectivity index (χ2n) is 6.91. The zero-order chi connectivity index (χ0) is 16.2. The molecule has 23 heavy (non-hydrogen) atoms. The van der Waals surface area contributed by atoms with Gasteiger partial charge >= 0.3 is 157 Å². The molecule has 0 N–H and O–H groups in total. The van der Waals surface area contributed by atoms with Crippen LogP contribution in [-0.2, 0) is 12.3 Å². The quantitative estimate of drug-likeness (QED) is 0.402. The maximum absolute atomic E-state index is 4.37. The van der Waals surface area contributed by atoms with Crippen molar-refractivity contribution in [2.45, 2.75) is 50.1 Å². The molecule has 1 fully saturated rings. The number of hydrogen-bond donors (Lipinski definition) is 0. The maximum atomic E-state index is 4.37. The van der Waals surface area contributed by atoms with Crippen molar-refractivity contribution in [1.82, 2.24) is 0 Å². The predicted molar refractivity (Wildman–Crippen MR) is 112 cm³/mol. The van der Waals surface area contributed by atoms with E-state index in [1.165, 1.54) is 43.2 Å². The van der Waals surface area contributed by atoms with Crippen LogP contribution >= 0.6 is 35.0 Å². The summed E-state index contributed by atoms with van der Waals surface area (Å²) in [4.78, 5) is 0. The van der Waals surface area contributed by atoms with E-state index >= 15 is 0 Å². The fourth-order valence-corrected chi connectivity index (χ4v) is 13.8. The van der Waals surface area contributed by atoms with E-state index in [0.717, 1.165) is 18.0 Å². The van der Waals surface area contributed by atoms with Crippen molar-refractivity contribution < 1.29 is 0 Å². The Balaban J connectivity index is 1.94. The van der Waals surface area contributed by atoms with Gasteiger partial charge in [0.25, 0.3) is 0 Å². The molecule has 1 saturated carbocycles. The van der Waals surface area contributed by atoms with Crippen LogP contribution < -0.4 is 0 Å². The summed E-state index contributed by atoms with van der Waals surface area (Å²) in [7, 11) is 0. The average Bonchev–Trinajstić information content (AvgIpc) is 2.57. The van der Waals surface area contributed by atoms with Crippen molar-refractivity contribution in [2.24, 2.45) is 0 Å². The zero-order valence-electron chi connectivity index (χ0n) is 13.5. The Morgan fingerprint density at radius 3 is 1.57 bits per heavy atom. The Labute approximate surface area is 156 Å². The van der Waals surface area contributed by atoms with E-state index in [0.29, 0.717) is 0 Å². The second-order valence-corrected chi connectivity index (χ2v) is 24.4. The molecule has 0 amide bonds. The molecule has 1 aliphatic carbocycles. The van der Waals surface area contributed by atoms with Crippen molar-refractivity contribution in [3.8, 4) is 0 Å². The molecule has 0 aliphatic heterocycles. The summed E-state index contributed by atoms with van der Waals surface area (Å²) in [6.45, 7) is 0. The van der Waals surface area contributed by atoms with Gasteiger partial charge in [-0.3, -0.25) is 0 Å². The minimum atomic E-state index is -2.20. The Morgan fingerprint density at radius 2 is 1.13 bits per heavy atom. The Hall–Kier alpha value is -0.170. The van der Waals surface area contributed by atoms with Crippen molar-refractivity contribution in [2.75, 3.05) is 0 Å². The van der Waals surface area contributed by atoms with Crippen LogP contribution in [0.5, 0.6) is 0 Å². The van der Waals surface area contributed by atoms with E-state index in [2.05, 4.69) is 91.6 Å². The van der Waals surface area contributed by atoms with E-state index in [9.17, 15) is 0 Å². The van der Waals surface area contributed by atoms with Crippen molar-refractivity contribution in [3.63, 3.8) is 0 Å². The topological polar surface area (TPSA) is 0 Å². The standard InChI is InChI=1S/C20H25Br2P/c21-23(22,20-14-8-3-9-15-20,16-18-10-4-1-5-11-18)17-19-12-6-2-7-13-19/h1-2,4-7,10-13,20H,3,8-9,14-17H2. The molecule has 3 heteroatoms. The monoisotopic (exact) mass is 454 g/mol.